The highest BCUT2D eigenvalue weighted by Crippen LogP contribution is 2.23. The summed E-state index contributed by atoms with van der Waals surface area (Å²) in [5, 5.41) is 6.02. The standard InChI is InChI=1S/C21H17ClN6O2/c1-14-24-19(28-10-9-23-13-28)12-20(25-14)30-18-7-5-16(6-8-18)26-21(29)27-17-4-2-3-15(22)11-17/h2-13H,1H3,(H2,26,27,29). The molecule has 0 aliphatic carbocycles. The smallest absolute Gasteiger partial charge is 0.323 e. The molecule has 2 aromatic carbocycles. The molecule has 4 aromatic rings. The highest BCUT2D eigenvalue weighted by atomic mass is 35.5. The van der Waals surface area contributed by atoms with Gasteiger partial charge < -0.3 is 15.4 Å². The summed E-state index contributed by atoms with van der Waals surface area (Å²) in [5.41, 5.74) is 1.22. The zero-order valence-corrected chi connectivity index (χ0v) is 16.7. The summed E-state index contributed by atoms with van der Waals surface area (Å²) < 4.78 is 7.61. The van der Waals surface area contributed by atoms with Crippen LogP contribution in [0.1, 0.15) is 5.82 Å². The molecule has 2 aromatic heterocycles. The number of urea groups is 1. The lowest BCUT2D eigenvalue weighted by Crippen LogP contribution is -2.19. The van der Waals surface area contributed by atoms with E-state index in [1.807, 2.05) is 0 Å². The van der Waals surface area contributed by atoms with Crippen LogP contribution in [0, 0.1) is 6.92 Å². The molecule has 2 heterocycles. The number of nitrogens with zero attached hydrogens (tertiary/aromatic N) is 4. The van der Waals surface area contributed by atoms with Gasteiger partial charge in [0, 0.05) is 34.9 Å². The van der Waals surface area contributed by atoms with E-state index in [1.54, 1.807) is 84.8 Å². The normalized spacial score (nSPS) is 10.5. The number of benzene rings is 2. The van der Waals surface area contributed by atoms with Crippen molar-refractivity contribution in [1.82, 2.24) is 19.5 Å². The third kappa shape index (κ3) is 4.92. The summed E-state index contributed by atoms with van der Waals surface area (Å²) in [7, 11) is 0. The molecule has 0 saturated carbocycles. The van der Waals surface area contributed by atoms with Crippen molar-refractivity contribution in [1.29, 1.82) is 0 Å². The van der Waals surface area contributed by atoms with Gasteiger partial charge in [0.2, 0.25) is 5.88 Å². The second-order valence-electron chi connectivity index (χ2n) is 6.30. The van der Waals surface area contributed by atoms with E-state index in [-0.39, 0.29) is 6.03 Å². The minimum absolute atomic E-state index is 0.373. The fourth-order valence-corrected chi connectivity index (χ4v) is 2.88. The Balaban J connectivity index is 1.41. The molecular weight excluding hydrogens is 404 g/mol. The van der Waals surface area contributed by atoms with E-state index >= 15 is 0 Å². The van der Waals surface area contributed by atoms with Gasteiger partial charge in [0.1, 0.15) is 23.7 Å². The Morgan fingerprint density at radius 1 is 1.03 bits per heavy atom. The first-order chi connectivity index (χ1) is 14.5. The Labute approximate surface area is 177 Å². The van der Waals surface area contributed by atoms with Gasteiger partial charge in [0.15, 0.2) is 0 Å². The van der Waals surface area contributed by atoms with E-state index in [0.717, 1.165) is 0 Å². The third-order valence-electron chi connectivity index (χ3n) is 3.99. The van der Waals surface area contributed by atoms with Gasteiger partial charge in [-0.1, -0.05) is 17.7 Å². The van der Waals surface area contributed by atoms with Crippen molar-refractivity contribution in [2.24, 2.45) is 0 Å². The first kappa shape index (κ1) is 19.4. The van der Waals surface area contributed by atoms with Gasteiger partial charge in [0.25, 0.3) is 0 Å². The van der Waals surface area contributed by atoms with Crippen LogP contribution in [0.25, 0.3) is 5.82 Å². The number of nitrogens with one attached hydrogen (secondary N) is 2. The second kappa shape index (κ2) is 8.62. The van der Waals surface area contributed by atoms with E-state index in [0.29, 0.717) is 39.7 Å². The number of aromatic nitrogens is 4. The first-order valence-electron chi connectivity index (χ1n) is 9.01. The molecule has 4 rings (SSSR count). The molecule has 9 heteroatoms. The number of imidazole rings is 1. The van der Waals surface area contributed by atoms with Gasteiger partial charge in [-0.3, -0.25) is 4.57 Å². The number of hydrogen-bond acceptors (Lipinski definition) is 5. The number of carbonyl (C=O) groups excluding carboxylic acids is 1. The Morgan fingerprint density at radius 2 is 1.83 bits per heavy atom. The van der Waals surface area contributed by atoms with Gasteiger partial charge in [0.05, 0.1) is 0 Å². The molecule has 8 nitrogen and oxygen atoms in total. The quantitative estimate of drug-likeness (QED) is 0.470. The molecule has 0 radical (unpaired) electrons. The molecule has 2 N–H and O–H groups in total. The van der Waals surface area contributed by atoms with Crippen LogP contribution in [-0.2, 0) is 0 Å². The van der Waals surface area contributed by atoms with Crippen LogP contribution < -0.4 is 15.4 Å². The number of rotatable bonds is 5. The maximum atomic E-state index is 12.1. The summed E-state index contributed by atoms with van der Waals surface area (Å²) >= 11 is 5.92. The van der Waals surface area contributed by atoms with Gasteiger partial charge in [-0.15, -0.1) is 0 Å². The molecule has 2 amide bonds. The summed E-state index contributed by atoms with van der Waals surface area (Å²) in [6.45, 7) is 1.79. The van der Waals surface area contributed by atoms with E-state index in [4.69, 9.17) is 16.3 Å². The van der Waals surface area contributed by atoms with Gasteiger partial charge in [-0.2, -0.15) is 4.98 Å². The Kier molecular flexibility index (Phi) is 5.58. The zero-order valence-electron chi connectivity index (χ0n) is 15.9. The molecular formula is C21H17ClN6O2. The second-order valence-corrected chi connectivity index (χ2v) is 6.73. The van der Waals surface area contributed by atoms with Crippen molar-refractivity contribution >= 4 is 29.0 Å². The lowest BCUT2D eigenvalue weighted by molar-refractivity contribution is 0.262. The van der Waals surface area contributed by atoms with Crippen molar-refractivity contribution in [3.05, 3.63) is 84.2 Å². The number of ether oxygens (including phenoxy) is 1. The minimum atomic E-state index is -0.373. The molecule has 150 valence electrons. The van der Waals surface area contributed by atoms with Crippen molar-refractivity contribution in [2.45, 2.75) is 6.92 Å². The van der Waals surface area contributed by atoms with Crippen LogP contribution in [0.15, 0.2) is 73.3 Å². The monoisotopic (exact) mass is 420 g/mol. The number of anilines is 2. The molecule has 0 saturated heterocycles. The van der Waals surface area contributed by atoms with Gasteiger partial charge in [-0.05, 0) is 49.4 Å². The minimum Gasteiger partial charge on any atom is -0.439 e. The Morgan fingerprint density at radius 3 is 2.57 bits per heavy atom. The summed E-state index contributed by atoms with van der Waals surface area (Å²) in [6, 6.07) is 15.2. The van der Waals surface area contributed by atoms with Crippen LogP contribution in [0.5, 0.6) is 11.6 Å². The van der Waals surface area contributed by atoms with Crippen molar-refractivity contribution < 1.29 is 9.53 Å². The summed E-state index contributed by atoms with van der Waals surface area (Å²) in [5.74, 6) is 2.22. The number of aryl methyl sites for hydroxylation is 1. The van der Waals surface area contributed by atoms with E-state index in [1.165, 1.54) is 0 Å². The van der Waals surface area contributed by atoms with Crippen molar-refractivity contribution in [3.63, 3.8) is 0 Å². The molecule has 0 bridgehead atoms. The van der Waals surface area contributed by atoms with Gasteiger partial charge in [-0.25, -0.2) is 14.8 Å². The topological polar surface area (TPSA) is 94.0 Å². The average Bonchev–Trinajstić information content (AvgIpc) is 3.24. The predicted molar refractivity (Wildman–Crippen MR) is 115 cm³/mol. The maximum Gasteiger partial charge on any atom is 0.323 e. The Bertz CT molecular complexity index is 1160. The SMILES string of the molecule is Cc1nc(Oc2ccc(NC(=O)Nc3cccc(Cl)c3)cc2)cc(-n2ccnc2)n1. The maximum absolute atomic E-state index is 12.1. The van der Waals surface area contributed by atoms with E-state index < -0.39 is 0 Å². The molecule has 0 spiro atoms. The molecule has 0 atom stereocenters. The van der Waals surface area contributed by atoms with Crippen molar-refractivity contribution in [3.8, 4) is 17.4 Å². The summed E-state index contributed by atoms with van der Waals surface area (Å²) in [4.78, 5) is 24.8. The van der Waals surface area contributed by atoms with E-state index in [2.05, 4.69) is 25.6 Å². The number of hydrogen-bond donors (Lipinski definition) is 2. The molecule has 0 aliphatic heterocycles. The highest BCUT2D eigenvalue weighted by Gasteiger charge is 2.07. The molecule has 0 aliphatic rings. The number of amides is 2. The highest BCUT2D eigenvalue weighted by molar-refractivity contribution is 6.30. The largest absolute Gasteiger partial charge is 0.439 e. The van der Waals surface area contributed by atoms with Crippen LogP contribution >= 0.6 is 11.6 Å². The zero-order chi connectivity index (χ0) is 20.9. The third-order valence-corrected chi connectivity index (χ3v) is 4.22. The molecule has 0 unspecified atom stereocenters. The lowest BCUT2D eigenvalue weighted by atomic mass is 10.3. The van der Waals surface area contributed by atoms with E-state index in [9.17, 15) is 4.79 Å². The average molecular weight is 421 g/mol. The van der Waals surface area contributed by atoms with Crippen LogP contribution in [-0.4, -0.2) is 25.6 Å². The van der Waals surface area contributed by atoms with Gasteiger partial charge >= 0.3 is 6.03 Å². The lowest BCUT2D eigenvalue weighted by Gasteiger charge is -2.10. The fraction of sp³-hybridized carbons (Fsp3) is 0.0476. The fourth-order valence-electron chi connectivity index (χ4n) is 2.69. The number of halogens is 1. The Hall–Kier alpha value is -3.91. The predicted octanol–water partition coefficient (Wildman–Crippen LogP) is 5.06. The van der Waals surface area contributed by atoms with Crippen molar-refractivity contribution in [2.75, 3.05) is 10.6 Å². The van der Waals surface area contributed by atoms with Crippen LogP contribution in [0.2, 0.25) is 5.02 Å². The molecule has 30 heavy (non-hydrogen) atoms. The van der Waals surface area contributed by atoms with Crippen LogP contribution in [0.4, 0.5) is 16.2 Å². The molecule has 0 fully saturated rings. The summed E-state index contributed by atoms with van der Waals surface area (Å²) in [6.07, 6.45) is 5.12. The van der Waals surface area contributed by atoms with Crippen LogP contribution in [0.3, 0.4) is 0 Å². The number of carbonyl (C=O) groups is 1. The first-order valence-corrected chi connectivity index (χ1v) is 9.38.